The fourth-order valence-corrected chi connectivity index (χ4v) is 2.79. The van der Waals surface area contributed by atoms with Gasteiger partial charge in [-0.25, -0.2) is 18.7 Å². The third-order valence-corrected chi connectivity index (χ3v) is 4.03. The van der Waals surface area contributed by atoms with Crippen LogP contribution in [0.5, 0.6) is 11.6 Å². The van der Waals surface area contributed by atoms with Crippen molar-refractivity contribution in [2.75, 3.05) is 6.61 Å². The second-order valence-electron chi connectivity index (χ2n) is 5.85. The number of pyridine rings is 2. The number of imidazole rings is 1. The number of aromatic amines is 1. The summed E-state index contributed by atoms with van der Waals surface area (Å²) >= 11 is 0. The number of nitrogens with one attached hydrogen (secondary N) is 1. The van der Waals surface area contributed by atoms with Gasteiger partial charge >= 0.3 is 5.69 Å². The van der Waals surface area contributed by atoms with Gasteiger partial charge in [0.15, 0.2) is 17.3 Å². The largest absolute Gasteiger partial charge is 0.491 e. The summed E-state index contributed by atoms with van der Waals surface area (Å²) in [4.78, 5) is 34.7. The number of primary amides is 1. The summed E-state index contributed by atoms with van der Waals surface area (Å²) in [6, 6.07) is 2.49. The Bertz CT molecular complexity index is 1090. The van der Waals surface area contributed by atoms with Gasteiger partial charge in [0, 0.05) is 18.7 Å². The number of fused-ring (bicyclic) bond motifs is 3. The van der Waals surface area contributed by atoms with Crippen LogP contribution >= 0.6 is 0 Å². The molecule has 3 N–H and O–H groups in total. The van der Waals surface area contributed by atoms with Crippen molar-refractivity contribution in [1.82, 2.24) is 19.5 Å². The van der Waals surface area contributed by atoms with E-state index in [1.54, 1.807) is 13.0 Å². The Kier molecular flexibility index (Phi) is 3.60. The molecule has 0 radical (unpaired) electrons. The lowest BCUT2D eigenvalue weighted by atomic mass is 10.2. The van der Waals surface area contributed by atoms with Crippen molar-refractivity contribution in [2.45, 2.75) is 19.4 Å². The van der Waals surface area contributed by atoms with Gasteiger partial charge in [0.05, 0.1) is 6.61 Å². The van der Waals surface area contributed by atoms with Gasteiger partial charge in [-0.2, -0.15) is 4.98 Å². The number of halogens is 1. The molecule has 3 aromatic rings. The maximum Gasteiger partial charge on any atom is 0.333 e. The zero-order chi connectivity index (χ0) is 18.4. The van der Waals surface area contributed by atoms with E-state index in [2.05, 4.69) is 15.0 Å². The molecule has 1 amide bonds. The monoisotopic (exact) mass is 359 g/mol. The van der Waals surface area contributed by atoms with E-state index in [4.69, 9.17) is 15.2 Å². The van der Waals surface area contributed by atoms with E-state index in [0.29, 0.717) is 12.2 Å². The predicted molar refractivity (Wildman–Crippen MR) is 88.2 cm³/mol. The molecule has 1 atom stereocenters. The molecule has 0 fully saturated rings. The van der Waals surface area contributed by atoms with Crippen LogP contribution in [0.15, 0.2) is 23.1 Å². The molecular weight excluding hydrogens is 345 g/mol. The van der Waals surface area contributed by atoms with Crippen LogP contribution in [-0.2, 0) is 0 Å². The summed E-state index contributed by atoms with van der Waals surface area (Å²) in [7, 11) is 0. The summed E-state index contributed by atoms with van der Waals surface area (Å²) in [6.45, 7) is 2.02. The van der Waals surface area contributed by atoms with Gasteiger partial charge in [0.25, 0.3) is 5.91 Å². The fourth-order valence-electron chi connectivity index (χ4n) is 2.79. The van der Waals surface area contributed by atoms with Gasteiger partial charge in [-0.1, -0.05) is 0 Å². The first kappa shape index (κ1) is 16.1. The lowest BCUT2D eigenvalue weighted by molar-refractivity contribution is 0.0989. The fraction of sp³-hybridized carbons (Fsp3) is 0.250. The van der Waals surface area contributed by atoms with Crippen LogP contribution in [0, 0.1) is 5.82 Å². The number of ether oxygens (including phenoxy) is 2. The Morgan fingerprint density at radius 2 is 2.31 bits per heavy atom. The molecule has 0 saturated heterocycles. The molecule has 26 heavy (non-hydrogen) atoms. The Balaban J connectivity index is 2.09. The molecule has 1 aliphatic rings. The highest BCUT2D eigenvalue weighted by atomic mass is 19.1. The number of carbonyl (C=O) groups is 1. The summed E-state index contributed by atoms with van der Waals surface area (Å²) in [6.07, 6.45) is 1.56. The van der Waals surface area contributed by atoms with Crippen LogP contribution in [0.25, 0.3) is 17.0 Å². The van der Waals surface area contributed by atoms with Crippen LogP contribution < -0.4 is 20.9 Å². The number of H-pyrrole nitrogens is 1. The number of hydrogen-bond donors (Lipinski definition) is 2. The zero-order valence-corrected chi connectivity index (χ0v) is 13.7. The maximum absolute atomic E-state index is 14.7. The van der Waals surface area contributed by atoms with Gasteiger partial charge in [-0.05, 0) is 13.0 Å². The van der Waals surface area contributed by atoms with Crippen molar-refractivity contribution in [2.24, 2.45) is 5.73 Å². The predicted octanol–water partition coefficient (Wildman–Crippen LogP) is 0.897. The van der Waals surface area contributed by atoms with Crippen molar-refractivity contribution in [3.8, 4) is 17.4 Å². The molecule has 1 aliphatic heterocycles. The third kappa shape index (κ3) is 2.46. The van der Waals surface area contributed by atoms with E-state index < -0.39 is 17.4 Å². The average Bonchev–Trinajstić information content (AvgIpc) is 2.91. The molecule has 3 aromatic heterocycles. The third-order valence-electron chi connectivity index (χ3n) is 4.03. The first-order chi connectivity index (χ1) is 12.5. The number of nitrogens with zero attached hydrogens (tertiary/aromatic N) is 3. The number of carbonyl (C=O) groups excluding carboxylic acids is 1. The molecule has 134 valence electrons. The van der Waals surface area contributed by atoms with Crippen LogP contribution in [0.3, 0.4) is 0 Å². The van der Waals surface area contributed by atoms with Crippen molar-refractivity contribution in [1.29, 1.82) is 0 Å². The van der Waals surface area contributed by atoms with Crippen LogP contribution in [-0.4, -0.2) is 38.1 Å². The van der Waals surface area contributed by atoms with Gasteiger partial charge in [-0.15, -0.1) is 0 Å². The second kappa shape index (κ2) is 5.83. The number of amides is 1. The summed E-state index contributed by atoms with van der Waals surface area (Å²) in [5, 5.41) is 0. The van der Waals surface area contributed by atoms with E-state index >= 15 is 0 Å². The lowest BCUT2D eigenvalue weighted by Crippen LogP contribution is -2.22. The Labute approximate surface area is 145 Å². The Morgan fingerprint density at radius 3 is 3.08 bits per heavy atom. The first-order valence-corrected chi connectivity index (χ1v) is 7.85. The van der Waals surface area contributed by atoms with Crippen LogP contribution in [0.2, 0.25) is 0 Å². The topological polar surface area (TPSA) is 125 Å². The number of rotatable bonds is 1. The Morgan fingerprint density at radius 1 is 1.50 bits per heavy atom. The first-order valence-electron chi connectivity index (χ1n) is 7.85. The smallest absolute Gasteiger partial charge is 0.333 e. The lowest BCUT2D eigenvalue weighted by Gasteiger charge is -2.16. The molecule has 4 heterocycles. The summed E-state index contributed by atoms with van der Waals surface area (Å²) in [5.41, 5.74) is 4.91. The highest BCUT2D eigenvalue weighted by molar-refractivity contribution is 5.95. The van der Waals surface area contributed by atoms with Gasteiger partial charge < -0.3 is 15.2 Å². The molecule has 0 unspecified atom stereocenters. The minimum absolute atomic E-state index is 0.144. The van der Waals surface area contributed by atoms with Crippen LogP contribution in [0.4, 0.5) is 4.39 Å². The minimum Gasteiger partial charge on any atom is -0.491 e. The number of aromatic nitrogens is 4. The molecule has 0 aliphatic carbocycles. The molecule has 9 nitrogen and oxygen atoms in total. The molecule has 4 rings (SSSR count). The SMILES string of the molecule is C[C@@H]1CCOc2ccnc3[nH]c(=O)n(c23)-c2nc(c(C(N)=O)cc2F)O1. The Hall–Kier alpha value is -3.43. The molecule has 0 saturated carbocycles. The van der Waals surface area contributed by atoms with E-state index in [0.717, 1.165) is 10.6 Å². The van der Waals surface area contributed by atoms with E-state index in [1.165, 1.54) is 6.20 Å². The average molecular weight is 359 g/mol. The van der Waals surface area contributed by atoms with Gasteiger partial charge in [0.2, 0.25) is 5.88 Å². The number of nitrogens with two attached hydrogens (primary N) is 1. The molecule has 0 aromatic carbocycles. The molecule has 2 bridgehead atoms. The quantitative estimate of drug-likeness (QED) is 0.665. The van der Waals surface area contributed by atoms with E-state index in [9.17, 15) is 14.0 Å². The highest BCUT2D eigenvalue weighted by Crippen LogP contribution is 2.29. The van der Waals surface area contributed by atoms with Gasteiger partial charge in [-0.3, -0.25) is 9.78 Å². The van der Waals surface area contributed by atoms with E-state index in [-0.39, 0.29) is 41.1 Å². The number of hydrogen-bond acceptors (Lipinski definition) is 6. The summed E-state index contributed by atoms with van der Waals surface area (Å²) in [5.74, 6) is -1.92. The van der Waals surface area contributed by atoms with Crippen molar-refractivity contribution in [3.63, 3.8) is 0 Å². The maximum atomic E-state index is 14.7. The van der Waals surface area contributed by atoms with Crippen molar-refractivity contribution < 1.29 is 18.7 Å². The normalized spacial score (nSPS) is 16.5. The minimum atomic E-state index is -0.907. The molecule has 10 heteroatoms. The van der Waals surface area contributed by atoms with E-state index in [1.807, 2.05) is 0 Å². The molecular formula is C16H14FN5O4. The van der Waals surface area contributed by atoms with Gasteiger partial charge in [0.1, 0.15) is 22.9 Å². The standard InChI is InChI=1S/C16H14FN5O4/c1-7-3-5-25-10-2-4-19-13-11(10)22(16(24)20-13)14-9(17)6-8(12(18)23)15(21-14)26-7/h2,4,6-7H,3,5H2,1H3,(H2,18,23)(H,19,20,24)/t7-/m1/s1. The zero-order valence-electron chi connectivity index (χ0n) is 13.7. The van der Waals surface area contributed by atoms with Crippen molar-refractivity contribution >= 4 is 17.1 Å². The second-order valence-corrected chi connectivity index (χ2v) is 5.85. The summed E-state index contributed by atoms with van der Waals surface area (Å²) < 4.78 is 27.1. The molecule has 0 spiro atoms. The van der Waals surface area contributed by atoms with Crippen molar-refractivity contribution in [3.05, 3.63) is 40.2 Å². The van der Waals surface area contributed by atoms with Crippen LogP contribution in [0.1, 0.15) is 23.7 Å². The highest BCUT2D eigenvalue weighted by Gasteiger charge is 2.24.